The third-order valence-electron chi connectivity index (χ3n) is 7.20. The fourth-order valence-electron chi connectivity index (χ4n) is 5.56. The van der Waals surface area contributed by atoms with E-state index < -0.39 is 0 Å². The van der Waals surface area contributed by atoms with Crippen LogP contribution < -0.4 is 5.73 Å². The maximum Gasteiger partial charge on any atom is 0.478 e. The van der Waals surface area contributed by atoms with Crippen molar-refractivity contribution in [2.45, 2.75) is 82.9 Å². The van der Waals surface area contributed by atoms with Gasteiger partial charge in [-0.2, -0.15) is 0 Å². The molecule has 4 heteroatoms. The van der Waals surface area contributed by atoms with E-state index in [1.54, 1.807) is 0 Å². The molecule has 5 aliphatic rings. The van der Waals surface area contributed by atoms with Gasteiger partial charge in [-0.25, -0.2) is 0 Å². The second-order valence-electron chi connectivity index (χ2n) is 8.59. The number of hydrogen-bond donors (Lipinski definition) is 1. The van der Waals surface area contributed by atoms with Crippen LogP contribution in [0.2, 0.25) is 0 Å². The molecule has 3 nitrogen and oxygen atoms in total. The van der Waals surface area contributed by atoms with Gasteiger partial charge in [0, 0.05) is 0 Å². The number of rotatable bonds is 1. The second-order valence-corrected chi connectivity index (χ2v) is 8.59. The highest BCUT2D eigenvalue weighted by Gasteiger charge is 2.69. The van der Waals surface area contributed by atoms with Gasteiger partial charge in [-0.05, 0) is 49.9 Å². The van der Waals surface area contributed by atoms with Gasteiger partial charge in [0.15, 0.2) is 0 Å². The summed E-state index contributed by atoms with van der Waals surface area (Å²) in [5.41, 5.74) is 6.72. The zero-order valence-electron chi connectivity index (χ0n) is 13.2. The van der Waals surface area contributed by atoms with Gasteiger partial charge in [0.05, 0.1) is 17.1 Å². The molecule has 0 radical (unpaired) electrons. The summed E-state index contributed by atoms with van der Waals surface area (Å²) in [6, 6.07) is 0. The molecule has 0 aromatic rings. The average molecular weight is 277 g/mol. The van der Waals surface area contributed by atoms with E-state index in [9.17, 15) is 0 Å². The summed E-state index contributed by atoms with van der Waals surface area (Å²) >= 11 is 0. The summed E-state index contributed by atoms with van der Waals surface area (Å²) < 4.78 is 12.9. The van der Waals surface area contributed by atoms with Crippen molar-refractivity contribution in [3.8, 4) is 0 Å². The Bertz CT molecular complexity index is 421. The largest absolute Gasteiger partial charge is 0.478 e. The molecule has 1 saturated heterocycles. The van der Waals surface area contributed by atoms with Crippen LogP contribution in [0.1, 0.15) is 65.7 Å². The van der Waals surface area contributed by atoms with Gasteiger partial charge in [0.25, 0.3) is 0 Å². The van der Waals surface area contributed by atoms with Crippen molar-refractivity contribution in [3.05, 3.63) is 0 Å². The first-order valence-electron chi connectivity index (χ1n) is 8.48. The van der Waals surface area contributed by atoms with E-state index in [0.717, 1.165) is 25.2 Å². The first kappa shape index (κ1) is 13.6. The normalized spacial score (nSPS) is 48.6. The number of nitrogens with two attached hydrogens (primary N) is 1. The van der Waals surface area contributed by atoms with E-state index in [2.05, 4.69) is 20.8 Å². The summed E-state index contributed by atoms with van der Waals surface area (Å²) in [5, 5.41) is 0. The molecule has 0 spiro atoms. The fraction of sp³-hybridized carbons (Fsp3) is 1.00. The second kappa shape index (κ2) is 4.02. The zero-order valence-corrected chi connectivity index (χ0v) is 13.2. The van der Waals surface area contributed by atoms with Crippen LogP contribution in [0.5, 0.6) is 0 Å². The van der Waals surface area contributed by atoms with Gasteiger partial charge in [-0.1, -0.05) is 33.1 Å². The molecular formula is C16H28BNO2. The monoisotopic (exact) mass is 277 g/mol. The van der Waals surface area contributed by atoms with E-state index in [1.165, 1.54) is 25.7 Å². The molecule has 0 aromatic heterocycles. The summed E-state index contributed by atoms with van der Waals surface area (Å²) in [7, 11) is -0.173. The molecule has 4 saturated carbocycles. The van der Waals surface area contributed by atoms with Gasteiger partial charge >= 0.3 is 7.12 Å². The molecule has 2 N–H and O–H groups in total. The van der Waals surface area contributed by atoms with E-state index in [4.69, 9.17) is 15.0 Å². The van der Waals surface area contributed by atoms with Crippen LogP contribution in [-0.4, -0.2) is 24.3 Å². The van der Waals surface area contributed by atoms with Crippen LogP contribution in [0, 0.1) is 17.3 Å². The summed E-state index contributed by atoms with van der Waals surface area (Å²) in [6.45, 7) is 7.09. The topological polar surface area (TPSA) is 44.5 Å². The van der Waals surface area contributed by atoms with Crippen molar-refractivity contribution in [3.63, 3.8) is 0 Å². The number of hydrogen-bond acceptors (Lipinski definition) is 3. The molecule has 1 aliphatic heterocycles. The van der Waals surface area contributed by atoms with Gasteiger partial charge < -0.3 is 15.0 Å². The van der Waals surface area contributed by atoms with E-state index in [0.29, 0.717) is 11.3 Å². The van der Waals surface area contributed by atoms with E-state index in [-0.39, 0.29) is 24.3 Å². The van der Waals surface area contributed by atoms with Crippen molar-refractivity contribution >= 4 is 7.12 Å². The molecule has 4 atom stereocenters. The van der Waals surface area contributed by atoms with Crippen molar-refractivity contribution in [2.75, 3.05) is 0 Å². The Morgan fingerprint density at radius 1 is 1.05 bits per heavy atom. The van der Waals surface area contributed by atoms with Crippen molar-refractivity contribution in [2.24, 2.45) is 23.0 Å². The minimum absolute atomic E-state index is 0.104. The Hall–Kier alpha value is -0.0551. The molecule has 0 amide bonds. The summed E-state index contributed by atoms with van der Waals surface area (Å²) in [5.74, 6) is 1.45. The average Bonchev–Trinajstić information content (AvgIpc) is 2.77. The predicted octanol–water partition coefficient (Wildman–Crippen LogP) is 2.92. The molecule has 0 aromatic carbocycles. The molecule has 4 aliphatic carbocycles. The Labute approximate surface area is 123 Å². The van der Waals surface area contributed by atoms with E-state index in [1.807, 2.05) is 0 Å². The van der Waals surface area contributed by atoms with Crippen LogP contribution in [0.25, 0.3) is 0 Å². The van der Waals surface area contributed by atoms with Crippen LogP contribution in [0.15, 0.2) is 0 Å². The van der Waals surface area contributed by atoms with Crippen molar-refractivity contribution < 1.29 is 9.31 Å². The van der Waals surface area contributed by atoms with Crippen LogP contribution in [0.4, 0.5) is 0 Å². The first-order valence-corrected chi connectivity index (χ1v) is 8.48. The smallest absolute Gasteiger partial charge is 0.404 e. The molecule has 5 rings (SSSR count). The van der Waals surface area contributed by atoms with Gasteiger partial charge in [-0.15, -0.1) is 0 Å². The molecule has 5 fully saturated rings. The SMILES string of the molecule is CC1(C)[C@@H]2C[C@H]3OB(C4(N)CCCCC4)O[C@@]3(C)[C@H]1C2. The van der Waals surface area contributed by atoms with Gasteiger partial charge in [0.2, 0.25) is 0 Å². The summed E-state index contributed by atoms with van der Waals surface area (Å²) in [4.78, 5) is 0. The highest BCUT2D eigenvalue weighted by molar-refractivity contribution is 6.49. The Balaban J connectivity index is 1.58. The first-order chi connectivity index (χ1) is 9.36. The molecule has 112 valence electrons. The summed E-state index contributed by atoms with van der Waals surface area (Å²) in [6.07, 6.45) is 8.60. The lowest BCUT2D eigenvalue weighted by Crippen LogP contribution is -2.65. The Morgan fingerprint density at radius 2 is 1.75 bits per heavy atom. The van der Waals surface area contributed by atoms with Gasteiger partial charge in [0.1, 0.15) is 0 Å². The highest BCUT2D eigenvalue weighted by Crippen LogP contribution is 2.66. The lowest BCUT2D eigenvalue weighted by molar-refractivity contribution is -0.199. The zero-order chi connectivity index (χ0) is 14.2. The van der Waals surface area contributed by atoms with Crippen LogP contribution in [-0.2, 0) is 9.31 Å². The van der Waals surface area contributed by atoms with Gasteiger partial charge in [-0.3, -0.25) is 0 Å². The lowest BCUT2D eigenvalue weighted by Gasteiger charge is -2.64. The molecule has 2 bridgehead atoms. The maximum absolute atomic E-state index is 6.65. The quantitative estimate of drug-likeness (QED) is 0.749. The standard InChI is InChI=1S/C16H28BNO2/c1-14(2)11-9-12(14)15(3)13(10-11)19-17(20-15)16(18)7-5-4-6-8-16/h11-13H,4-10,18H2,1-3H3/t11-,12-,13+,15-/m0/s1. The minimum Gasteiger partial charge on any atom is -0.404 e. The van der Waals surface area contributed by atoms with Crippen LogP contribution >= 0.6 is 0 Å². The third kappa shape index (κ3) is 1.59. The maximum atomic E-state index is 6.65. The Kier molecular flexibility index (Phi) is 2.73. The lowest BCUT2D eigenvalue weighted by atomic mass is 9.43. The fourth-order valence-corrected chi connectivity index (χ4v) is 5.56. The molecule has 20 heavy (non-hydrogen) atoms. The minimum atomic E-state index is -0.243. The molecular weight excluding hydrogens is 249 g/mol. The Morgan fingerprint density at radius 3 is 2.40 bits per heavy atom. The van der Waals surface area contributed by atoms with Crippen molar-refractivity contribution in [1.29, 1.82) is 0 Å². The van der Waals surface area contributed by atoms with Crippen molar-refractivity contribution in [1.82, 2.24) is 0 Å². The molecule has 0 unspecified atom stereocenters. The highest BCUT2D eigenvalue weighted by atomic mass is 16.7. The molecule has 1 heterocycles. The van der Waals surface area contributed by atoms with E-state index >= 15 is 0 Å². The van der Waals surface area contributed by atoms with Crippen LogP contribution in [0.3, 0.4) is 0 Å². The predicted molar refractivity (Wildman–Crippen MR) is 80.1 cm³/mol. The third-order valence-corrected chi connectivity index (χ3v) is 7.20.